The van der Waals surface area contributed by atoms with Gasteiger partial charge in [0.25, 0.3) is 11.8 Å². The van der Waals surface area contributed by atoms with Crippen LogP contribution < -0.4 is 15.4 Å². The van der Waals surface area contributed by atoms with Gasteiger partial charge in [0.1, 0.15) is 5.75 Å². The summed E-state index contributed by atoms with van der Waals surface area (Å²) in [5.74, 6) is 0.224. The van der Waals surface area contributed by atoms with Gasteiger partial charge in [-0.2, -0.15) is 0 Å². The monoisotopic (exact) mass is 340 g/mol. The quantitative estimate of drug-likeness (QED) is 0.839. The number of hydrogen-bond acceptors (Lipinski definition) is 3. The average Bonchev–Trinajstić information content (AvgIpc) is 2.54. The Morgan fingerprint density at radius 3 is 2.16 bits per heavy atom. The summed E-state index contributed by atoms with van der Waals surface area (Å²) in [7, 11) is 0. The molecule has 25 heavy (non-hydrogen) atoms. The highest BCUT2D eigenvalue weighted by molar-refractivity contribution is 6.05. The first-order chi connectivity index (χ1) is 11.8. The van der Waals surface area contributed by atoms with E-state index in [1.165, 1.54) is 0 Å². The Kier molecular flexibility index (Phi) is 6.17. The van der Waals surface area contributed by atoms with Gasteiger partial charge in [-0.15, -0.1) is 0 Å². The van der Waals surface area contributed by atoms with E-state index in [0.717, 1.165) is 0 Å². The first-order valence-corrected chi connectivity index (χ1v) is 8.34. The van der Waals surface area contributed by atoms with E-state index >= 15 is 0 Å². The predicted molar refractivity (Wildman–Crippen MR) is 99.2 cm³/mol. The van der Waals surface area contributed by atoms with Crippen LogP contribution in [0.4, 0.5) is 5.69 Å². The van der Waals surface area contributed by atoms with Gasteiger partial charge in [0, 0.05) is 22.9 Å². The highest BCUT2D eigenvalue weighted by atomic mass is 16.5. The molecule has 2 rings (SSSR count). The molecule has 5 heteroatoms. The van der Waals surface area contributed by atoms with Crippen LogP contribution in [0.2, 0.25) is 0 Å². The number of carbonyl (C=O) groups excluding carboxylic acids is 2. The largest absolute Gasteiger partial charge is 0.491 e. The molecule has 0 aromatic heterocycles. The van der Waals surface area contributed by atoms with Gasteiger partial charge in [-0.3, -0.25) is 9.59 Å². The molecule has 0 heterocycles. The molecule has 0 bridgehead atoms. The minimum Gasteiger partial charge on any atom is -0.491 e. The number of carbonyl (C=O) groups is 2. The highest BCUT2D eigenvalue weighted by Crippen LogP contribution is 2.17. The van der Waals surface area contributed by atoms with Crippen LogP contribution in [0.15, 0.2) is 48.5 Å². The van der Waals surface area contributed by atoms with Crippen molar-refractivity contribution < 1.29 is 14.3 Å². The summed E-state index contributed by atoms with van der Waals surface area (Å²) >= 11 is 0. The topological polar surface area (TPSA) is 67.4 Å². The number of nitrogens with one attached hydrogen (secondary N) is 2. The second kappa shape index (κ2) is 8.33. The molecule has 0 saturated carbocycles. The van der Waals surface area contributed by atoms with Crippen LogP contribution >= 0.6 is 0 Å². The molecule has 0 aliphatic rings. The van der Waals surface area contributed by atoms with Crippen molar-refractivity contribution in [2.24, 2.45) is 0 Å². The number of hydrogen-bond donors (Lipinski definition) is 2. The molecular weight excluding hydrogens is 316 g/mol. The molecule has 2 aromatic carbocycles. The Morgan fingerprint density at radius 2 is 1.52 bits per heavy atom. The summed E-state index contributed by atoms with van der Waals surface area (Å²) in [5, 5.41) is 5.64. The molecule has 0 saturated heterocycles. The molecule has 0 unspecified atom stereocenters. The average molecular weight is 340 g/mol. The van der Waals surface area contributed by atoms with Crippen LogP contribution in [-0.2, 0) is 0 Å². The lowest BCUT2D eigenvalue weighted by Gasteiger charge is -2.12. The van der Waals surface area contributed by atoms with Crippen LogP contribution in [0.1, 0.15) is 48.4 Å². The Morgan fingerprint density at radius 1 is 0.880 bits per heavy atom. The van der Waals surface area contributed by atoms with Crippen molar-refractivity contribution in [3.8, 4) is 5.75 Å². The summed E-state index contributed by atoms with van der Waals surface area (Å²) in [4.78, 5) is 24.5. The van der Waals surface area contributed by atoms with Gasteiger partial charge in [0.2, 0.25) is 0 Å². The Balaban J connectivity index is 2.11. The van der Waals surface area contributed by atoms with E-state index in [-0.39, 0.29) is 24.0 Å². The smallest absolute Gasteiger partial charge is 0.255 e. The van der Waals surface area contributed by atoms with Crippen LogP contribution in [0.3, 0.4) is 0 Å². The Hall–Kier alpha value is -2.82. The van der Waals surface area contributed by atoms with E-state index in [1.807, 2.05) is 33.8 Å². The van der Waals surface area contributed by atoms with Gasteiger partial charge < -0.3 is 15.4 Å². The van der Waals surface area contributed by atoms with Crippen LogP contribution in [0.25, 0.3) is 0 Å². The Bertz CT molecular complexity index is 754. The first kappa shape index (κ1) is 18.5. The molecule has 0 aliphatic carbocycles. The molecule has 2 aromatic rings. The SMILES string of the molecule is CC(C)NC(=O)c1cccc(NC(=O)c2cccc(OC(C)C)c2)c1. The molecule has 0 fully saturated rings. The zero-order valence-electron chi connectivity index (χ0n) is 15.0. The molecule has 5 nitrogen and oxygen atoms in total. The maximum Gasteiger partial charge on any atom is 0.255 e. The van der Waals surface area contributed by atoms with Crippen molar-refractivity contribution in [3.63, 3.8) is 0 Å². The van der Waals surface area contributed by atoms with Gasteiger partial charge >= 0.3 is 0 Å². The summed E-state index contributed by atoms with van der Waals surface area (Å²) in [6.45, 7) is 7.66. The van der Waals surface area contributed by atoms with Crippen molar-refractivity contribution in [3.05, 3.63) is 59.7 Å². The standard InChI is InChI=1S/C20H24N2O3/c1-13(2)21-19(23)15-7-5-9-17(11-15)22-20(24)16-8-6-10-18(12-16)25-14(3)4/h5-14H,1-4H3,(H,21,23)(H,22,24). The molecule has 2 amide bonds. The molecule has 2 N–H and O–H groups in total. The molecule has 0 radical (unpaired) electrons. The maximum atomic E-state index is 12.4. The minimum atomic E-state index is -0.254. The molecule has 0 atom stereocenters. The number of rotatable bonds is 6. The molecule has 0 spiro atoms. The summed E-state index contributed by atoms with van der Waals surface area (Å²) < 4.78 is 5.61. The van der Waals surface area contributed by atoms with Crippen LogP contribution in [0.5, 0.6) is 5.75 Å². The van der Waals surface area contributed by atoms with E-state index < -0.39 is 0 Å². The van der Waals surface area contributed by atoms with Crippen molar-refractivity contribution >= 4 is 17.5 Å². The normalized spacial score (nSPS) is 10.6. The number of ether oxygens (including phenoxy) is 1. The van der Waals surface area contributed by atoms with E-state index in [0.29, 0.717) is 22.6 Å². The fourth-order valence-corrected chi connectivity index (χ4v) is 2.27. The third-order valence-corrected chi connectivity index (χ3v) is 3.27. The second-order valence-electron chi connectivity index (χ2n) is 6.36. The van der Waals surface area contributed by atoms with E-state index in [2.05, 4.69) is 10.6 Å². The molecule has 132 valence electrons. The molecular formula is C20H24N2O3. The van der Waals surface area contributed by atoms with Crippen molar-refractivity contribution in [1.29, 1.82) is 0 Å². The van der Waals surface area contributed by atoms with Crippen molar-refractivity contribution in [2.45, 2.75) is 39.8 Å². The second-order valence-corrected chi connectivity index (χ2v) is 6.36. The van der Waals surface area contributed by atoms with Gasteiger partial charge in [-0.1, -0.05) is 12.1 Å². The first-order valence-electron chi connectivity index (χ1n) is 8.34. The van der Waals surface area contributed by atoms with Crippen molar-refractivity contribution in [1.82, 2.24) is 5.32 Å². The fraction of sp³-hybridized carbons (Fsp3) is 0.300. The van der Waals surface area contributed by atoms with E-state index in [9.17, 15) is 9.59 Å². The lowest BCUT2D eigenvalue weighted by atomic mass is 10.1. The van der Waals surface area contributed by atoms with Crippen LogP contribution in [0, 0.1) is 0 Å². The van der Waals surface area contributed by atoms with E-state index in [1.54, 1.807) is 42.5 Å². The zero-order valence-corrected chi connectivity index (χ0v) is 15.0. The fourth-order valence-electron chi connectivity index (χ4n) is 2.27. The third kappa shape index (κ3) is 5.64. The van der Waals surface area contributed by atoms with Gasteiger partial charge in [0.05, 0.1) is 6.10 Å². The van der Waals surface area contributed by atoms with E-state index in [4.69, 9.17) is 4.74 Å². The van der Waals surface area contributed by atoms with Gasteiger partial charge in [0.15, 0.2) is 0 Å². The zero-order chi connectivity index (χ0) is 18.4. The Labute approximate surface area is 148 Å². The summed E-state index contributed by atoms with van der Waals surface area (Å²) in [6.07, 6.45) is 0.0365. The number of anilines is 1. The lowest BCUT2D eigenvalue weighted by molar-refractivity contribution is 0.0942. The molecule has 0 aliphatic heterocycles. The summed E-state index contributed by atoms with van der Waals surface area (Å²) in [5.41, 5.74) is 1.56. The lowest BCUT2D eigenvalue weighted by Crippen LogP contribution is -2.30. The minimum absolute atomic E-state index is 0.0365. The van der Waals surface area contributed by atoms with Gasteiger partial charge in [-0.05, 0) is 64.1 Å². The van der Waals surface area contributed by atoms with Gasteiger partial charge in [-0.25, -0.2) is 0 Å². The van der Waals surface area contributed by atoms with Crippen LogP contribution in [-0.4, -0.2) is 24.0 Å². The number of benzene rings is 2. The highest BCUT2D eigenvalue weighted by Gasteiger charge is 2.11. The number of amides is 2. The summed E-state index contributed by atoms with van der Waals surface area (Å²) in [6, 6.07) is 13.9. The van der Waals surface area contributed by atoms with Crippen molar-refractivity contribution in [2.75, 3.05) is 5.32 Å². The maximum absolute atomic E-state index is 12.4. The third-order valence-electron chi connectivity index (χ3n) is 3.27. The predicted octanol–water partition coefficient (Wildman–Crippen LogP) is 3.86.